The lowest BCUT2D eigenvalue weighted by Crippen LogP contribution is -2.31. The predicted molar refractivity (Wildman–Crippen MR) is 130 cm³/mol. The van der Waals surface area contributed by atoms with Gasteiger partial charge in [0.15, 0.2) is 22.5 Å². The summed E-state index contributed by atoms with van der Waals surface area (Å²) in [5.41, 5.74) is 1.71. The van der Waals surface area contributed by atoms with Crippen LogP contribution in [0.2, 0.25) is 0 Å². The van der Waals surface area contributed by atoms with Crippen molar-refractivity contribution < 1.29 is 18.7 Å². The van der Waals surface area contributed by atoms with E-state index in [9.17, 15) is 9.18 Å². The Morgan fingerprint density at radius 1 is 1.09 bits per heavy atom. The zero-order valence-corrected chi connectivity index (χ0v) is 20.4. The third kappa shape index (κ3) is 5.59. The van der Waals surface area contributed by atoms with E-state index in [-0.39, 0.29) is 18.5 Å². The number of likely N-dealkylation sites (tertiary alicyclic amines) is 1. The molecule has 1 saturated heterocycles. The van der Waals surface area contributed by atoms with E-state index in [1.165, 1.54) is 43.2 Å². The quantitative estimate of drug-likeness (QED) is 0.473. The molecular formula is C25H28FN5O3S. The van der Waals surface area contributed by atoms with E-state index in [0.29, 0.717) is 29.7 Å². The summed E-state index contributed by atoms with van der Waals surface area (Å²) < 4.78 is 26.3. The highest BCUT2D eigenvalue weighted by Gasteiger charge is 2.23. The SMILES string of the molecule is C[C@H](Sc1nnc(CN2CCCCC2)n1-c1ccc(F)cc1)C(=O)NCc1ccc2c(c1)OCO2. The number of hydrogen-bond acceptors (Lipinski definition) is 7. The number of carbonyl (C=O) groups is 1. The lowest BCUT2D eigenvalue weighted by Gasteiger charge is -2.26. The minimum absolute atomic E-state index is 0.112. The van der Waals surface area contributed by atoms with Gasteiger partial charge in [-0.3, -0.25) is 14.3 Å². The number of ether oxygens (including phenoxy) is 2. The Hall–Kier alpha value is -3.11. The van der Waals surface area contributed by atoms with E-state index in [2.05, 4.69) is 20.4 Å². The number of halogens is 1. The molecular weight excluding hydrogens is 469 g/mol. The average Bonchev–Trinajstić information content (AvgIpc) is 3.50. The van der Waals surface area contributed by atoms with Gasteiger partial charge in [0, 0.05) is 12.2 Å². The summed E-state index contributed by atoms with van der Waals surface area (Å²) in [5.74, 6) is 1.77. The molecule has 1 aromatic heterocycles. The number of fused-ring (bicyclic) bond motifs is 1. The first-order valence-electron chi connectivity index (χ1n) is 11.8. The van der Waals surface area contributed by atoms with Crippen LogP contribution >= 0.6 is 11.8 Å². The zero-order valence-electron chi connectivity index (χ0n) is 19.6. The molecule has 0 bridgehead atoms. The van der Waals surface area contributed by atoms with Crippen molar-refractivity contribution in [2.24, 2.45) is 0 Å². The van der Waals surface area contributed by atoms with E-state index in [1.807, 2.05) is 29.7 Å². The van der Waals surface area contributed by atoms with Gasteiger partial charge in [-0.2, -0.15) is 0 Å². The predicted octanol–water partition coefficient (Wildman–Crippen LogP) is 3.92. The van der Waals surface area contributed by atoms with Gasteiger partial charge in [-0.05, 0) is 74.8 Å². The first-order chi connectivity index (χ1) is 17.1. The molecule has 184 valence electrons. The summed E-state index contributed by atoms with van der Waals surface area (Å²) in [7, 11) is 0. The summed E-state index contributed by atoms with van der Waals surface area (Å²) in [6.45, 7) is 5.15. The Kier molecular flexibility index (Phi) is 7.19. The van der Waals surface area contributed by atoms with Crippen molar-refractivity contribution in [2.45, 2.75) is 49.7 Å². The van der Waals surface area contributed by atoms with Gasteiger partial charge in [-0.1, -0.05) is 24.2 Å². The van der Waals surface area contributed by atoms with Crippen LogP contribution in [0.15, 0.2) is 47.6 Å². The van der Waals surface area contributed by atoms with Gasteiger partial charge >= 0.3 is 0 Å². The highest BCUT2D eigenvalue weighted by molar-refractivity contribution is 8.00. The van der Waals surface area contributed by atoms with Crippen LogP contribution in [-0.4, -0.2) is 50.7 Å². The molecule has 2 aliphatic heterocycles. The fraction of sp³-hybridized carbons (Fsp3) is 0.400. The third-order valence-electron chi connectivity index (χ3n) is 6.15. The maximum Gasteiger partial charge on any atom is 0.233 e. The summed E-state index contributed by atoms with van der Waals surface area (Å²) in [6.07, 6.45) is 3.60. The molecule has 3 heterocycles. The van der Waals surface area contributed by atoms with Crippen LogP contribution in [0.1, 0.15) is 37.6 Å². The molecule has 0 radical (unpaired) electrons. The molecule has 2 aromatic carbocycles. The van der Waals surface area contributed by atoms with E-state index in [1.54, 1.807) is 12.1 Å². The number of hydrogen-bond donors (Lipinski definition) is 1. The normalized spacial score (nSPS) is 16.3. The van der Waals surface area contributed by atoms with Gasteiger partial charge in [-0.25, -0.2) is 4.39 Å². The Labute approximate surface area is 207 Å². The number of aromatic nitrogens is 3. The second kappa shape index (κ2) is 10.7. The van der Waals surface area contributed by atoms with Crippen molar-refractivity contribution in [3.8, 4) is 17.2 Å². The van der Waals surface area contributed by atoms with Crippen molar-refractivity contribution in [2.75, 3.05) is 19.9 Å². The van der Waals surface area contributed by atoms with Crippen LogP contribution in [0, 0.1) is 5.82 Å². The van der Waals surface area contributed by atoms with Crippen molar-refractivity contribution in [1.82, 2.24) is 25.0 Å². The molecule has 0 spiro atoms. The van der Waals surface area contributed by atoms with Crippen LogP contribution in [0.3, 0.4) is 0 Å². The molecule has 1 N–H and O–H groups in total. The standard InChI is InChI=1S/C25H28FN5O3S/c1-17(24(32)27-14-18-5-10-21-22(13-18)34-16-33-21)35-25-29-28-23(15-30-11-3-2-4-12-30)31(25)20-8-6-19(26)7-9-20/h5-10,13,17H,2-4,11-12,14-16H2,1H3,(H,27,32)/t17-/m0/s1. The first-order valence-corrected chi connectivity index (χ1v) is 12.7. The lowest BCUT2D eigenvalue weighted by atomic mass is 10.1. The van der Waals surface area contributed by atoms with Crippen molar-refractivity contribution in [3.05, 3.63) is 59.7 Å². The molecule has 0 aliphatic carbocycles. The molecule has 35 heavy (non-hydrogen) atoms. The van der Waals surface area contributed by atoms with Crippen molar-refractivity contribution in [1.29, 1.82) is 0 Å². The molecule has 10 heteroatoms. The van der Waals surface area contributed by atoms with Gasteiger partial charge in [0.05, 0.1) is 11.8 Å². The fourth-order valence-corrected chi connectivity index (χ4v) is 5.15. The zero-order chi connectivity index (χ0) is 24.2. The fourth-order valence-electron chi connectivity index (χ4n) is 4.24. The van der Waals surface area contributed by atoms with E-state index < -0.39 is 5.25 Å². The third-order valence-corrected chi connectivity index (χ3v) is 7.20. The van der Waals surface area contributed by atoms with Gasteiger partial charge in [0.2, 0.25) is 12.7 Å². The van der Waals surface area contributed by atoms with E-state index >= 15 is 0 Å². The molecule has 0 unspecified atom stereocenters. The van der Waals surface area contributed by atoms with Crippen LogP contribution in [-0.2, 0) is 17.9 Å². The summed E-state index contributed by atoms with van der Waals surface area (Å²) in [5, 5.41) is 12.0. The number of rotatable bonds is 8. The highest BCUT2D eigenvalue weighted by atomic mass is 32.2. The molecule has 5 rings (SSSR count). The number of amides is 1. The maximum atomic E-state index is 13.6. The van der Waals surface area contributed by atoms with E-state index in [4.69, 9.17) is 9.47 Å². The van der Waals surface area contributed by atoms with Crippen LogP contribution in [0.5, 0.6) is 11.5 Å². The molecule has 1 amide bonds. The topological polar surface area (TPSA) is 81.5 Å². The van der Waals surface area contributed by atoms with Crippen LogP contribution in [0.25, 0.3) is 5.69 Å². The Morgan fingerprint density at radius 2 is 1.86 bits per heavy atom. The second-order valence-corrected chi connectivity index (χ2v) is 10.0. The molecule has 0 saturated carbocycles. The van der Waals surface area contributed by atoms with E-state index in [0.717, 1.165) is 30.2 Å². The molecule has 1 atom stereocenters. The van der Waals surface area contributed by atoms with Gasteiger partial charge in [0.1, 0.15) is 5.82 Å². The molecule has 1 fully saturated rings. The number of nitrogens with one attached hydrogen (secondary N) is 1. The number of benzene rings is 2. The van der Waals surface area contributed by atoms with Crippen LogP contribution < -0.4 is 14.8 Å². The first kappa shape index (κ1) is 23.6. The minimum Gasteiger partial charge on any atom is -0.454 e. The van der Waals surface area contributed by atoms with Crippen molar-refractivity contribution in [3.63, 3.8) is 0 Å². The second-order valence-electron chi connectivity index (χ2n) is 8.71. The largest absolute Gasteiger partial charge is 0.454 e. The highest BCUT2D eigenvalue weighted by Crippen LogP contribution is 2.32. The number of piperidine rings is 1. The van der Waals surface area contributed by atoms with Crippen molar-refractivity contribution >= 4 is 17.7 Å². The molecule has 8 nitrogen and oxygen atoms in total. The summed E-state index contributed by atoms with van der Waals surface area (Å²) in [4.78, 5) is 15.2. The van der Waals surface area contributed by atoms with Gasteiger partial charge < -0.3 is 14.8 Å². The van der Waals surface area contributed by atoms with Gasteiger partial charge in [-0.15, -0.1) is 10.2 Å². The monoisotopic (exact) mass is 497 g/mol. The summed E-state index contributed by atoms with van der Waals surface area (Å²) in [6, 6.07) is 11.9. The summed E-state index contributed by atoms with van der Waals surface area (Å²) >= 11 is 1.34. The van der Waals surface area contributed by atoms with Gasteiger partial charge in [0.25, 0.3) is 0 Å². The maximum absolute atomic E-state index is 13.6. The Balaban J connectivity index is 1.29. The molecule has 3 aromatic rings. The lowest BCUT2D eigenvalue weighted by molar-refractivity contribution is -0.120. The Bertz CT molecular complexity index is 1180. The number of nitrogens with zero attached hydrogens (tertiary/aromatic N) is 4. The smallest absolute Gasteiger partial charge is 0.233 e. The molecule has 2 aliphatic rings. The Morgan fingerprint density at radius 3 is 2.66 bits per heavy atom. The van der Waals surface area contributed by atoms with Crippen LogP contribution in [0.4, 0.5) is 4.39 Å². The number of carbonyl (C=O) groups excluding carboxylic acids is 1. The number of thioether (sulfide) groups is 1. The average molecular weight is 498 g/mol. The minimum atomic E-state index is -0.407.